The van der Waals surface area contributed by atoms with Crippen molar-refractivity contribution in [3.63, 3.8) is 0 Å². The standard InChI is InChI=1S/C14H30O5PS2/c1-5-13(15,6-2)9-21-11-18-20(17)19-12-22-10-14(16,7-3)8-4/h15-16H,5-12H2,1-4H3/q+1. The molecule has 0 aliphatic rings. The van der Waals surface area contributed by atoms with Crippen LogP contribution in [0.25, 0.3) is 0 Å². The van der Waals surface area contributed by atoms with E-state index in [4.69, 9.17) is 9.05 Å². The van der Waals surface area contributed by atoms with E-state index < -0.39 is 19.5 Å². The quantitative estimate of drug-likeness (QED) is 0.269. The Kier molecular flexibility index (Phi) is 12.4. The third kappa shape index (κ3) is 9.71. The minimum atomic E-state index is -2.15. The third-order valence-corrected chi connectivity index (χ3v) is 6.94. The molecule has 0 rings (SSSR count). The molecule has 5 nitrogen and oxygen atoms in total. The van der Waals surface area contributed by atoms with Crippen molar-refractivity contribution in [3.05, 3.63) is 0 Å². The summed E-state index contributed by atoms with van der Waals surface area (Å²) in [7, 11) is -2.15. The monoisotopic (exact) mass is 373 g/mol. The number of rotatable bonds is 14. The molecule has 0 fully saturated rings. The van der Waals surface area contributed by atoms with Gasteiger partial charge in [-0.05, 0) is 25.7 Å². The number of aliphatic hydroxyl groups is 2. The molecule has 0 aliphatic heterocycles. The number of hydrogen-bond acceptors (Lipinski definition) is 7. The SMILES string of the molecule is CCC(O)(CC)CSCO[P+](=O)OCSCC(O)(CC)CC. The maximum absolute atomic E-state index is 11.5. The number of thioether (sulfide) groups is 2. The van der Waals surface area contributed by atoms with E-state index in [1.807, 2.05) is 27.7 Å². The topological polar surface area (TPSA) is 76.0 Å². The van der Waals surface area contributed by atoms with Gasteiger partial charge in [0, 0.05) is 16.1 Å². The van der Waals surface area contributed by atoms with E-state index in [0.717, 1.165) is 0 Å². The summed E-state index contributed by atoms with van der Waals surface area (Å²) in [5, 5.41) is 20.2. The van der Waals surface area contributed by atoms with Gasteiger partial charge in [-0.25, -0.2) is 0 Å². The van der Waals surface area contributed by atoms with E-state index in [2.05, 4.69) is 0 Å². The first-order valence-electron chi connectivity index (χ1n) is 7.68. The van der Waals surface area contributed by atoms with Crippen LogP contribution in [0, 0.1) is 0 Å². The predicted molar refractivity (Wildman–Crippen MR) is 95.5 cm³/mol. The first-order valence-corrected chi connectivity index (χ1v) is 11.1. The van der Waals surface area contributed by atoms with Gasteiger partial charge in [-0.1, -0.05) is 27.7 Å². The highest BCUT2D eigenvalue weighted by molar-refractivity contribution is 7.99. The van der Waals surface area contributed by atoms with Crippen molar-refractivity contribution < 1.29 is 23.8 Å². The summed E-state index contributed by atoms with van der Waals surface area (Å²) >= 11 is 2.81. The van der Waals surface area contributed by atoms with E-state index in [-0.39, 0.29) is 11.9 Å². The Balaban J connectivity index is 3.71. The Labute approximate surface area is 143 Å². The van der Waals surface area contributed by atoms with Gasteiger partial charge in [0.15, 0.2) is 11.9 Å². The van der Waals surface area contributed by atoms with Crippen LogP contribution >= 0.6 is 31.8 Å². The molecule has 0 radical (unpaired) electrons. The fraction of sp³-hybridized carbons (Fsp3) is 1.00. The fourth-order valence-electron chi connectivity index (χ4n) is 1.57. The molecule has 0 atom stereocenters. The van der Waals surface area contributed by atoms with E-state index in [1.54, 1.807) is 0 Å². The molecule has 132 valence electrons. The Morgan fingerprint density at radius 1 is 0.818 bits per heavy atom. The minimum Gasteiger partial charge on any atom is -0.389 e. The second-order valence-corrected chi connectivity index (χ2v) is 8.11. The average Bonchev–Trinajstić information content (AvgIpc) is 2.55. The molecule has 0 saturated heterocycles. The highest BCUT2D eigenvalue weighted by Gasteiger charge is 2.26. The van der Waals surface area contributed by atoms with E-state index in [1.165, 1.54) is 23.5 Å². The van der Waals surface area contributed by atoms with E-state index in [0.29, 0.717) is 37.2 Å². The Morgan fingerprint density at radius 2 is 1.14 bits per heavy atom. The molecule has 0 heterocycles. The van der Waals surface area contributed by atoms with Crippen LogP contribution < -0.4 is 0 Å². The fourth-order valence-corrected chi connectivity index (χ4v) is 4.67. The zero-order chi connectivity index (χ0) is 17.1. The molecule has 2 N–H and O–H groups in total. The van der Waals surface area contributed by atoms with Gasteiger partial charge < -0.3 is 10.2 Å². The minimum absolute atomic E-state index is 0.232. The summed E-state index contributed by atoms with van der Waals surface area (Å²) in [6.07, 6.45) is 2.75. The maximum Gasteiger partial charge on any atom is 0.699 e. The van der Waals surface area contributed by atoms with Crippen molar-refractivity contribution >= 4 is 31.8 Å². The summed E-state index contributed by atoms with van der Waals surface area (Å²) in [6, 6.07) is 0. The smallest absolute Gasteiger partial charge is 0.389 e. The molecule has 0 unspecified atom stereocenters. The average molecular weight is 373 g/mol. The largest absolute Gasteiger partial charge is 0.699 e. The molecule has 0 aliphatic carbocycles. The van der Waals surface area contributed by atoms with Gasteiger partial charge in [0.05, 0.1) is 11.2 Å². The van der Waals surface area contributed by atoms with Crippen molar-refractivity contribution in [3.8, 4) is 0 Å². The van der Waals surface area contributed by atoms with Gasteiger partial charge in [-0.15, -0.1) is 32.6 Å². The molecule has 0 aromatic carbocycles. The van der Waals surface area contributed by atoms with Crippen LogP contribution in [-0.4, -0.2) is 44.8 Å². The van der Waals surface area contributed by atoms with Gasteiger partial charge >= 0.3 is 8.25 Å². The van der Waals surface area contributed by atoms with Crippen LogP contribution in [0.2, 0.25) is 0 Å². The van der Waals surface area contributed by atoms with Crippen molar-refractivity contribution in [1.29, 1.82) is 0 Å². The normalized spacial score (nSPS) is 12.6. The molecule has 0 bridgehead atoms. The zero-order valence-electron chi connectivity index (χ0n) is 14.0. The lowest BCUT2D eigenvalue weighted by atomic mass is 10.0. The molecule has 0 aromatic rings. The lowest BCUT2D eigenvalue weighted by Crippen LogP contribution is -2.29. The molecular weight excluding hydrogens is 343 g/mol. The van der Waals surface area contributed by atoms with Gasteiger partial charge in [-0.3, -0.25) is 0 Å². The molecule has 8 heteroatoms. The van der Waals surface area contributed by atoms with E-state index >= 15 is 0 Å². The van der Waals surface area contributed by atoms with Crippen LogP contribution in [0.1, 0.15) is 53.4 Å². The van der Waals surface area contributed by atoms with E-state index in [9.17, 15) is 14.8 Å². The molecule has 0 saturated carbocycles. The van der Waals surface area contributed by atoms with Gasteiger partial charge in [0.25, 0.3) is 0 Å². The predicted octanol–water partition coefficient (Wildman–Crippen LogP) is 4.16. The summed E-state index contributed by atoms with van der Waals surface area (Å²) in [6.45, 7) is 7.78. The first kappa shape index (κ1) is 22.6. The highest BCUT2D eigenvalue weighted by atomic mass is 32.2. The van der Waals surface area contributed by atoms with Crippen LogP contribution in [0.3, 0.4) is 0 Å². The highest BCUT2D eigenvalue weighted by Crippen LogP contribution is 2.30. The number of hydrogen-bond donors (Lipinski definition) is 2. The lowest BCUT2D eigenvalue weighted by molar-refractivity contribution is 0.0566. The summed E-state index contributed by atoms with van der Waals surface area (Å²) in [4.78, 5) is 0. The second-order valence-electron chi connectivity index (χ2n) is 5.28. The van der Waals surface area contributed by atoms with Crippen molar-refractivity contribution in [1.82, 2.24) is 0 Å². The summed E-state index contributed by atoms with van der Waals surface area (Å²) < 4.78 is 21.7. The van der Waals surface area contributed by atoms with Crippen LogP contribution in [-0.2, 0) is 13.6 Å². The molecular formula is C14H30O5PS2+. The Bertz CT molecular complexity index is 282. The molecule has 22 heavy (non-hydrogen) atoms. The van der Waals surface area contributed by atoms with Crippen molar-refractivity contribution in [2.45, 2.75) is 64.6 Å². The lowest BCUT2D eigenvalue weighted by Gasteiger charge is -2.23. The first-order chi connectivity index (χ1) is 10.3. The van der Waals surface area contributed by atoms with Gasteiger partial charge in [0.2, 0.25) is 0 Å². The molecule has 0 amide bonds. The van der Waals surface area contributed by atoms with Crippen LogP contribution in [0.4, 0.5) is 0 Å². The Hall–Kier alpha value is 0.640. The van der Waals surface area contributed by atoms with Crippen LogP contribution in [0.5, 0.6) is 0 Å². The second kappa shape index (κ2) is 12.1. The molecule has 0 aromatic heterocycles. The third-order valence-electron chi connectivity index (χ3n) is 3.86. The van der Waals surface area contributed by atoms with Gasteiger partial charge in [0.1, 0.15) is 0 Å². The zero-order valence-corrected chi connectivity index (χ0v) is 16.6. The molecule has 0 spiro atoms. The Morgan fingerprint density at radius 3 is 1.41 bits per heavy atom. The summed E-state index contributed by atoms with van der Waals surface area (Å²) in [5.74, 6) is 1.57. The van der Waals surface area contributed by atoms with Crippen LogP contribution in [0.15, 0.2) is 0 Å². The summed E-state index contributed by atoms with van der Waals surface area (Å²) in [5.41, 5.74) is -1.36. The van der Waals surface area contributed by atoms with Gasteiger partial charge in [-0.2, -0.15) is 0 Å². The van der Waals surface area contributed by atoms with Crippen molar-refractivity contribution in [2.75, 3.05) is 23.4 Å². The maximum atomic E-state index is 11.5. The van der Waals surface area contributed by atoms with Crippen molar-refractivity contribution in [2.24, 2.45) is 0 Å².